The average molecular weight is 314 g/mol. The van der Waals surface area contributed by atoms with E-state index in [1.165, 1.54) is 35.6 Å². The van der Waals surface area contributed by atoms with Gasteiger partial charge in [0.2, 0.25) is 0 Å². The molecule has 0 saturated heterocycles. The Morgan fingerprint density at radius 3 is 2.59 bits per heavy atom. The smallest absolute Gasteiger partial charge is 0.257 e. The van der Waals surface area contributed by atoms with Gasteiger partial charge in [0, 0.05) is 5.56 Å². The van der Waals surface area contributed by atoms with Crippen LogP contribution in [0.15, 0.2) is 42.5 Å². The Kier molecular flexibility index (Phi) is 3.90. The van der Waals surface area contributed by atoms with Crippen LogP contribution in [0.5, 0.6) is 0 Å². The zero-order chi connectivity index (χ0) is 15.7. The minimum absolute atomic E-state index is 0.287. The van der Waals surface area contributed by atoms with Gasteiger partial charge >= 0.3 is 0 Å². The topological polar surface area (TPSA) is 42.0 Å². The number of nitrogens with zero attached hydrogens (tertiary/aromatic N) is 1. The van der Waals surface area contributed by atoms with Crippen LogP contribution in [0.2, 0.25) is 0 Å². The van der Waals surface area contributed by atoms with Gasteiger partial charge in [-0.15, -0.1) is 0 Å². The van der Waals surface area contributed by atoms with Crippen molar-refractivity contribution in [1.82, 2.24) is 4.98 Å². The fourth-order valence-corrected chi connectivity index (χ4v) is 3.16. The van der Waals surface area contributed by atoms with Crippen LogP contribution in [-0.4, -0.2) is 10.9 Å². The number of thiazole rings is 1. The number of hydrogen-bond acceptors (Lipinski definition) is 3. The van der Waals surface area contributed by atoms with Gasteiger partial charge in [0.05, 0.1) is 10.2 Å². The molecule has 1 aromatic heterocycles. The third-order valence-electron chi connectivity index (χ3n) is 3.40. The first kappa shape index (κ1) is 14.7. The van der Waals surface area contributed by atoms with Gasteiger partial charge < -0.3 is 0 Å². The third kappa shape index (κ3) is 2.85. The van der Waals surface area contributed by atoms with Crippen LogP contribution in [0, 0.1) is 5.82 Å². The molecule has 2 aromatic carbocycles. The van der Waals surface area contributed by atoms with Crippen molar-refractivity contribution in [1.29, 1.82) is 0 Å². The first-order valence-electron chi connectivity index (χ1n) is 7.01. The van der Waals surface area contributed by atoms with Crippen LogP contribution >= 0.6 is 11.3 Å². The lowest BCUT2D eigenvalue weighted by Gasteiger charge is -2.04. The second kappa shape index (κ2) is 5.85. The SMILES string of the molecule is CC(C)c1cccc2sc(NC(=O)c3ccc(F)cc3)nc12. The molecule has 3 nitrogen and oxygen atoms in total. The monoisotopic (exact) mass is 314 g/mol. The average Bonchev–Trinajstić information content (AvgIpc) is 2.89. The molecule has 0 fully saturated rings. The van der Waals surface area contributed by atoms with Gasteiger partial charge in [-0.2, -0.15) is 0 Å². The van der Waals surface area contributed by atoms with Crippen LogP contribution < -0.4 is 5.32 Å². The van der Waals surface area contributed by atoms with Crippen LogP contribution in [0.3, 0.4) is 0 Å². The van der Waals surface area contributed by atoms with E-state index in [2.05, 4.69) is 30.2 Å². The molecule has 0 radical (unpaired) electrons. The molecule has 1 N–H and O–H groups in total. The Hall–Kier alpha value is -2.27. The Bertz CT molecular complexity index is 824. The maximum absolute atomic E-state index is 12.9. The highest BCUT2D eigenvalue weighted by Gasteiger charge is 2.13. The molecule has 112 valence electrons. The van der Waals surface area contributed by atoms with E-state index in [9.17, 15) is 9.18 Å². The molecule has 1 heterocycles. The highest BCUT2D eigenvalue weighted by Crippen LogP contribution is 2.31. The summed E-state index contributed by atoms with van der Waals surface area (Å²) in [5.74, 6) is -0.283. The van der Waals surface area contributed by atoms with Gasteiger partial charge in [0.1, 0.15) is 5.82 Å². The summed E-state index contributed by atoms with van der Waals surface area (Å²) < 4.78 is 13.9. The summed E-state index contributed by atoms with van der Waals surface area (Å²) in [5.41, 5.74) is 2.50. The van der Waals surface area contributed by atoms with Crippen molar-refractivity contribution in [2.75, 3.05) is 5.32 Å². The number of para-hydroxylation sites is 1. The van der Waals surface area contributed by atoms with E-state index in [-0.39, 0.29) is 11.7 Å². The number of carbonyl (C=O) groups is 1. The first-order valence-corrected chi connectivity index (χ1v) is 7.82. The molecule has 0 spiro atoms. The van der Waals surface area contributed by atoms with E-state index in [4.69, 9.17) is 0 Å². The molecule has 3 rings (SSSR count). The summed E-state index contributed by atoms with van der Waals surface area (Å²) >= 11 is 1.44. The van der Waals surface area contributed by atoms with Gasteiger partial charge in [-0.25, -0.2) is 9.37 Å². The van der Waals surface area contributed by atoms with E-state index >= 15 is 0 Å². The third-order valence-corrected chi connectivity index (χ3v) is 4.34. The van der Waals surface area contributed by atoms with Crippen LogP contribution in [0.4, 0.5) is 9.52 Å². The lowest BCUT2D eigenvalue weighted by atomic mass is 10.0. The number of rotatable bonds is 3. The summed E-state index contributed by atoms with van der Waals surface area (Å²) in [6, 6.07) is 11.5. The minimum Gasteiger partial charge on any atom is -0.298 e. The predicted molar refractivity (Wildman–Crippen MR) is 88.1 cm³/mol. The van der Waals surface area contributed by atoms with Crippen molar-refractivity contribution >= 4 is 32.6 Å². The van der Waals surface area contributed by atoms with Crippen LogP contribution in [0.1, 0.15) is 35.7 Å². The number of benzene rings is 2. The summed E-state index contributed by atoms with van der Waals surface area (Å²) in [4.78, 5) is 16.7. The maximum atomic E-state index is 12.9. The second-order valence-electron chi connectivity index (χ2n) is 5.33. The van der Waals surface area contributed by atoms with Gasteiger partial charge in [0.15, 0.2) is 5.13 Å². The normalized spacial score (nSPS) is 11.1. The number of amides is 1. The quantitative estimate of drug-likeness (QED) is 0.753. The van der Waals surface area contributed by atoms with Crippen molar-refractivity contribution in [2.45, 2.75) is 19.8 Å². The second-order valence-corrected chi connectivity index (χ2v) is 6.36. The number of nitrogens with one attached hydrogen (secondary N) is 1. The Morgan fingerprint density at radius 1 is 1.18 bits per heavy atom. The molecule has 3 aromatic rings. The van der Waals surface area contributed by atoms with E-state index in [1.807, 2.05) is 12.1 Å². The number of halogens is 1. The van der Waals surface area contributed by atoms with Gasteiger partial charge in [-0.1, -0.05) is 37.3 Å². The predicted octanol–water partition coefficient (Wildman–Crippen LogP) is 4.81. The minimum atomic E-state index is -0.363. The molecule has 0 unspecified atom stereocenters. The molecular weight excluding hydrogens is 299 g/mol. The first-order chi connectivity index (χ1) is 10.5. The maximum Gasteiger partial charge on any atom is 0.257 e. The standard InChI is InChI=1S/C17H15FN2OS/c1-10(2)13-4-3-5-14-15(13)19-17(22-14)20-16(21)11-6-8-12(18)9-7-11/h3-10H,1-2H3,(H,19,20,21). The lowest BCUT2D eigenvalue weighted by molar-refractivity contribution is 0.102. The van der Waals surface area contributed by atoms with E-state index in [0.717, 1.165) is 15.8 Å². The lowest BCUT2D eigenvalue weighted by Crippen LogP contribution is -2.11. The van der Waals surface area contributed by atoms with Crippen molar-refractivity contribution in [3.05, 3.63) is 59.4 Å². The Balaban J connectivity index is 1.89. The van der Waals surface area contributed by atoms with E-state index < -0.39 is 0 Å². The summed E-state index contributed by atoms with van der Waals surface area (Å²) in [7, 11) is 0. The van der Waals surface area contributed by atoms with Crippen LogP contribution in [-0.2, 0) is 0 Å². The Labute approximate surface area is 131 Å². The molecule has 0 aliphatic heterocycles. The van der Waals surface area contributed by atoms with Gasteiger partial charge in [0.25, 0.3) is 5.91 Å². The number of anilines is 1. The molecule has 1 amide bonds. The zero-order valence-corrected chi connectivity index (χ0v) is 13.1. The molecule has 0 aliphatic rings. The molecule has 22 heavy (non-hydrogen) atoms. The fraction of sp³-hybridized carbons (Fsp3) is 0.176. The number of fused-ring (bicyclic) bond motifs is 1. The van der Waals surface area contributed by atoms with Crippen molar-refractivity contribution in [3.63, 3.8) is 0 Å². The van der Waals surface area contributed by atoms with Crippen molar-refractivity contribution in [2.24, 2.45) is 0 Å². The van der Waals surface area contributed by atoms with Crippen molar-refractivity contribution < 1.29 is 9.18 Å². The molecule has 0 aliphatic carbocycles. The summed E-state index contributed by atoms with van der Waals surface area (Å²) in [6.45, 7) is 4.23. The number of carbonyl (C=O) groups excluding carboxylic acids is 1. The highest BCUT2D eigenvalue weighted by molar-refractivity contribution is 7.22. The van der Waals surface area contributed by atoms with E-state index in [0.29, 0.717) is 16.6 Å². The fourth-order valence-electron chi connectivity index (χ4n) is 2.26. The number of aromatic nitrogens is 1. The Morgan fingerprint density at radius 2 is 1.91 bits per heavy atom. The zero-order valence-electron chi connectivity index (χ0n) is 12.3. The van der Waals surface area contributed by atoms with Gasteiger partial charge in [-0.3, -0.25) is 10.1 Å². The van der Waals surface area contributed by atoms with Crippen LogP contribution in [0.25, 0.3) is 10.2 Å². The summed E-state index contributed by atoms with van der Waals surface area (Å²) in [5, 5.41) is 3.33. The largest absolute Gasteiger partial charge is 0.298 e. The van der Waals surface area contributed by atoms with E-state index in [1.54, 1.807) is 0 Å². The summed E-state index contributed by atoms with van der Waals surface area (Å²) in [6.07, 6.45) is 0. The molecule has 0 atom stereocenters. The molecule has 0 bridgehead atoms. The number of hydrogen-bond donors (Lipinski definition) is 1. The molecule has 0 saturated carbocycles. The van der Waals surface area contributed by atoms with Gasteiger partial charge in [-0.05, 0) is 41.8 Å². The molecular formula is C17H15FN2OS. The van der Waals surface area contributed by atoms with Crippen molar-refractivity contribution in [3.8, 4) is 0 Å². The highest BCUT2D eigenvalue weighted by atomic mass is 32.1. The molecule has 5 heteroatoms.